The Kier molecular flexibility index (Phi) is 10.2. The lowest BCUT2D eigenvalue weighted by Gasteiger charge is -2.27. The summed E-state index contributed by atoms with van der Waals surface area (Å²) in [6.45, 7) is 10.5. The van der Waals surface area contributed by atoms with Gasteiger partial charge in [-0.3, -0.25) is 0 Å². The second-order valence-electron chi connectivity index (χ2n) is 9.10. The van der Waals surface area contributed by atoms with Crippen LogP contribution in [0.1, 0.15) is 45.7 Å². The van der Waals surface area contributed by atoms with Crippen molar-refractivity contribution in [1.82, 2.24) is 0 Å². The highest BCUT2D eigenvalue weighted by Crippen LogP contribution is 2.41. The van der Waals surface area contributed by atoms with E-state index in [0.29, 0.717) is 28.3 Å². The van der Waals surface area contributed by atoms with Crippen molar-refractivity contribution < 1.29 is 17.9 Å². The maximum Gasteiger partial charge on any atom is 0.156 e. The molecule has 0 bridgehead atoms. The minimum absolute atomic E-state index is 0.0638. The van der Waals surface area contributed by atoms with Crippen LogP contribution in [0.5, 0.6) is 11.5 Å². The normalized spacial score (nSPS) is 14.1. The first-order valence-corrected chi connectivity index (χ1v) is 14.1. The number of benzene rings is 2. The van der Waals surface area contributed by atoms with Gasteiger partial charge in [0.2, 0.25) is 0 Å². The lowest BCUT2D eigenvalue weighted by molar-refractivity contribution is 0.272. The number of alkyl halides is 1. The Morgan fingerprint density at radius 2 is 1.45 bits per heavy atom. The van der Waals surface area contributed by atoms with Crippen LogP contribution in [0.3, 0.4) is 0 Å². The topological polar surface area (TPSA) is 52.6 Å². The molecule has 0 saturated carbocycles. The molecular weight excluding hydrogens is 503 g/mol. The zero-order chi connectivity index (χ0) is 24.8. The smallest absolute Gasteiger partial charge is 0.156 e. The van der Waals surface area contributed by atoms with E-state index < -0.39 is 9.84 Å². The van der Waals surface area contributed by atoms with Gasteiger partial charge in [0.1, 0.15) is 15.6 Å². The minimum Gasteiger partial charge on any atom is -0.493 e. The predicted molar refractivity (Wildman–Crippen MR) is 139 cm³/mol. The third-order valence-electron chi connectivity index (χ3n) is 5.58. The van der Waals surface area contributed by atoms with Gasteiger partial charge in [-0.2, -0.15) is 0 Å². The van der Waals surface area contributed by atoms with Crippen molar-refractivity contribution in [2.45, 2.75) is 40.0 Å². The molecule has 2 rings (SSSR count). The summed E-state index contributed by atoms with van der Waals surface area (Å²) >= 11 is 18.9. The fourth-order valence-corrected chi connectivity index (χ4v) is 5.19. The van der Waals surface area contributed by atoms with E-state index in [-0.39, 0.29) is 35.4 Å². The first-order chi connectivity index (χ1) is 15.4. The number of rotatable bonds is 12. The lowest BCUT2D eigenvalue weighted by atomic mass is 9.78. The van der Waals surface area contributed by atoms with E-state index in [4.69, 9.17) is 44.3 Å². The van der Waals surface area contributed by atoms with Crippen molar-refractivity contribution in [1.29, 1.82) is 0 Å². The van der Waals surface area contributed by atoms with E-state index >= 15 is 0 Å². The maximum absolute atomic E-state index is 11.8. The summed E-state index contributed by atoms with van der Waals surface area (Å²) in [6, 6.07) is 11.7. The van der Waals surface area contributed by atoms with Crippen molar-refractivity contribution in [3.8, 4) is 11.5 Å². The molecule has 33 heavy (non-hydrogen) atoms. The van der Waals surface area contributed by atoms with Gasteiger partial charge in [0, 0.05) is 28.9 Å². The Bertz CT molecular complexity index is 997. The van der Waals surface area contributed by atoms with E-state index in [1.54, 1.807) is 6.92 Å². The molecule has 0 amide bonds. The molecule has 0 aliphatic heterocycles. The molecular formula is C25H33Cl3O4S. The van der Waals surface area contributed by atoms with Crippen LogP contribution < -0.4 is 9.47 Å². The van der Waals surface area contributed by atoms with E-state index in [0.717, 1.165) is 16.9 Å². The standard InChI is InChI=1S/C25H33Cl3O4S/c1-6-33(29,30)16-18(3)15-32-24-22(27)11-20(12-23(24)28)25(4,5)19-7-9-21(10-8-19)31-14-17(2)13-26/h7-12,17-18H,6,13-16H2,1-5H3. The van der Waals surface area contributed by atoms with Gasteiger partial charge in [-0.1, -0.05) is 70.0 Å². The Morgan fingerprint density at radius 3 is 1.97 bits per heavy atom. The first kappa shape index (κ1) is 28.1. The van der Waals surface area contributed by atoms with Gasteiger partial charge >= 0.3 is 0 Å². The summed E-state index contributed by atoms with van der Waals surface area (Å²) in [5.74, 6) is 2.01. The SMILES string of the molecule is CCS(=O)(=O)CC(C)COc1c(Cl)cc(C(C)(C)c2ccc(OCC(C)CCl)cc2)cc1Cl. The molecule has 0 spiro atoms. The Hall–Kier alpha value is -1.14. The van der Waals surface area contributed by atoms with Crippen molar-refractivity contribution in [3.63, 3.8) is 0 Å². The van der Waals surface area contributed by atoms with Gasteiger partial charge in [0.15, 0.2) is 5.75 Å². The highest BCUT2D eigenvalue weighted by Gasteiger charge is 2.26. The second-order valence-corrected chi connectivity index (χ2v) is 12.6. The minimum atomic E-state index is -3.07. The van der Waals surface area contributed by atoms with Crippen LogP contribution in [0.2, 0.25) is 10.0 Å². The maximum atomic E-state index is 11.8. The van der Waals surface area contributed by atoms with E-state index in [1.165, 1.54) is 0 Å². The molecule has 0 fully saturated rings. The second kappa shape index (κ2) is 12.0. The van der Waals surface area contributed by atoms with Crippen molar-refractivity contribution in [2.75, 3.05) is 30.6 Å². The quantitative estimate of drug-likeness (QED) is 0.274. The van der Waals surface area contributed by atoms with Crippen LogP contribution in [0.15, 0.2) is 36.4 Å². The average molecular weight is 536 g/mol. The summed E-state index contributed by atoms with van der Waals surface area (Å²) in [4.78, 5) is 0. The molecule has 2 atom stereocenters. The molecule has 0 aliphatic rings. The van der Waals surface area contributed by atoms with E-state index in [2.05, 4.69) is 13.8 Å². The Labute approximate surface area is 213 Å². The highest BCUT2D eigenvalue weighted by molar-refractivity contribution is 7.91. The van der Waals surface area contributed by atoms with Crippen molar-refractivity contribution in [2.24, 2.45) is 11.8 Å². The van der Waals surface area contributed by atoms with Crippen LogP contribution in [-0.2, 0) is 15.3 Å². The number of sulfone groups is 1. The summed E-state index contributed by atoms with van der Waals surface area (Å²) in [5.41, 5.74) is 1.66. The van der Waals surface area contributed by atoms with Gasteiger partial charge < -0.3 is 9.47 Å². The molecule has 2 aromatic rings. The summed E-state index contributed by atoms with van der Waals surface area (Å²) in [5, 5.41) is 0.789. The van der Waals surface area contributed by atoms with E-state index in [9.17, 15) is 8.42 Å². The first-order valence-electron chi connectivity index (χ1n) is 11.0. The van der Waals surface area contributed by atoms with Gasteiger partial charge in [-0.15, -0.1) is 11.6 Å². The van der Waals surface area contributed by atoms with Crippen LogP contribution in [0.25, 0.3) is 0 Å². The number of ether oxygens (including phenoxy) is 2. The van der Waals surface area contributed by atoms with E-state index in [1.807, 2.05) is 50.2 Å². The molecule has 184 valence electrons. The summed E-state index contributed by atoms with van der Waals surface area (Å²) in [7, 11) is -3.07. The number of hydrogen-bond acceptors (Lipinski definition) is 4. The van der Waals surface area contributed by atoms with Crippen LogP contribution >= 0.6 is 34.8 Å². The monoisotopic (exact) mass is 534 g/mol. The third-order valence-corrected chi connectivity index (χ3v) is 8.63. The molecule has 0 radical (unpaired) electrons. The fourth-order valence-electron chi connectivity index (χ4n) is 3.30. The Balaban J connectivity index is 2.15. The molecule has 0 N–H and O–H groups in total. The molecule has 2 unspecified atom stereocenters. The third kappa shape index (κ3) is 7.95. The van der Waals surface area contributed by atoms with Crippen molar-refractivity contribution in [3.05, 3.63) is 57.6 Å². The highest BCUT2D eigenvalue weighted by atomic mass is 35.5. The predicted octanol–water partition coefficient (Wildman–Crippen LogP) is 7.02. The number of hydrogen-bond donors (Lipinski definition) is 0. The molecule has 4 nitrogen and oxygen atoms in total. The van der Waals surface area contributed by atoms with Gasteiger partial charge in [-0.05, 0) is 35.4 Å². The number of halogens is 3. The van der Waals surface area contributed by atoms with Crippen LogP contribution in [0.4, 0.5) is 0 Å². The molecule has 8 heteroatoms. The van der Waals surface area contributed by atoms with Gasteiger partial charge in [0.25, 0.3) is 0 Å². The zero-order valence-electron chi connectivity index (χ0n) is 19.8. The fraction of sp³-hybridized carbons (Fsp3) is 0.520. The summed E-state index contributed by atoms with van der Waals surface area (Å²) in [6.07, 6.45) is 0. The van der Waals surface area contributed by atoms with Gasteiger partial charge in [0.05, 0.1) is 29.0 Å². The van der Waals surface area contributed by atoms with Gasteiger partial charge in [-0.25, -0.2) is 8.42 Å². The molecule has 0 saturated heterocycles. The molecule has 0 heterocycles. The molecule has 2 aromatic carbocycles. The summed E-state index contributed by atoms with van der Waals surface area (Å²) < 4.78 is 35.2. The van der Waals surface area contributed by atoms with Crippen molar-refractivity contribution >= 4 is 44.6 Å². The van der Waals surface area contributed by atoms with Crippen LogP contribution in [0, 0.1) is 11.8 Å². The van der Waals surface area contributed by atoms with Crippen LogP contribution in [-0.4, -0.2) is 39.0 Å². The zero-order valence-corrected chi connectivity index (χ0v) is 22.9. The lowest BCUT2D eigenvalue weighted by Crippen LogP contribution is -2.21. The molecule has 0 aliphatic carbocycles. The average Bonchev–Trinajstić information content (AvgIpc) is 2.76. The molecule has 0 aromatic heterocycles. The largest absolute Gasteiger partial charge is 0.493 e. The Morgan fingerprint density at radius 1 is 0.909 bits per heavy atom.